The number of hydrogen-bond donors (Lipinski definition) is 2. The predicted octanol–water partition coefficient (Wildman–Crippen LogP) is 1.46. The topological polar surface area (TPSA) is 46.2 Å². The van der Waals surface area contributed by atoms with Gasteiger partial charge < -0.3 is 0 Å². The van der Waals surface area contributed by atoms with E-state index in [0.29, 0.717) is 11.1 Å². The van der Waals surface area contributed by atoms with Gasteiger partial charge in [-0.2, -0.15) is 0 Å². The third-order valence-corrected chi connectivity index (χ3v) is 1.86. The van der Waals surface area contributed by atoms with E-state index in [0.717, 1.165) is 0 Å². The van der Waals surface area contributed by atoms with E-state index in [1.165, 1.54) is 6.92 Å². The molecule has 0 bridgehead atoms. The SMILES string of the molecule is CC(=O)c1ccc(C(=O)NS)cc1. The average molecular weight is 195 g/mol. The summed E-state index contributed by atoms with van der Waals surface area (Å²) in [6.45, 7) is 1.48. The lowest BCUT2D eigenvalue weighted by Gasteiger charge is -1.99. The van der Waals surface area contributed by atoms with Crippen LogP contribution < -0.4 is 4.72 Å². The van der Waals surface area contributed by atoms with Crippen molar-refractivity contribution in [3.63, 3.8) is 0 Å². The van der Waals surface area contributed by atoms with Crippen molar-refractivity contribution in [2.45, 2.75) is 6.92 Å². The summed E-state index contributed by atoms with van der Waals surface area (Å²) in [5, 5.41) is 0. The van der Waals surface area contributed by atoms with Crippen LogP contribution in [0.2, 0.25) is 0 Å². The van der Waals surface area contributed by atoms with Crippen LogP contribution in [0.3, 0.4) is 0 Å². The summed E-state index contributed by atoms with van der Waals surface area (Å²) in [5.74, 6) is -0.295. The molecule has 4 heteroatoms. The molecule has 1 amide bonds. The first kappa shape index (κ1) is 9.80. The van der Waals surface area contributed by atoms with Crippen molar-refractivity contribution in [2.24, 2.45) is 0 Å². The van der Waals surface area contributed by atoms with Gasteiger partial charge >= 0.3 is 0 Å². The third-order valence-electron chi connectivity index (χ3n) is 1.66. The molecule has 0 aliphatic carbocycles. The number of amides is 1. The lowest BCUT2D eigenvalue weighted by Crippen LogP contribution is -2.12. The van der Waals surface area contributed by atoms with Crippen LogP contribution in [0.1, 0.15) is 27.6 Å². The van der Waals surface area contributed by atoms with Crippen LogP contribution in [-0.4, -0.2) is 11.7 Å². The van der Waals surface area contributed by atoms with Crippen molar-refractivity contribution >= 4 is 24.5 Å². The zero-order valence-corrected chi connectivity index (χ0v) is 7.97. The van der Waals surface area contributed by atoms with Gasteiger partial charge in [-0.05, 0) is 19.1 Å². The average Bonchev–Trinajstić information content (AvgIpc) is 2.17. The molecule has 0 aliphatic rings. The summed E-state index contributed by atoms with van der Waals surface area (Å²) in [7, 11) is 0. The number of Topliss-reactive ketones (excluding diaryl/α,β-unsaturated/α-hetero) is 1. The van der Waals surface area contributed by atoms with Crippen molar-refractivity contribution < 1.29 is 9.59 Å². The normalized spacial score (nSPS) is 9.38. The summed E-state index contributed by atoms with van der Waals surface area (Å²) < 4.78 is 2.20. The maximum atomic E-state index is 11.0. The molecular formula is C9H9NO2S. The second-order valence-electron chi connectivity index (χ2n) is 2.57. The third kappa shape index (κ3) is 2.32. The highest BCUT2D eigenvalue weighted by atomic mass is 32.1. The Morgan fingerprint density at radius 1 is 1.15 bits per heavy atom. The predicted molar refractivity (Wildman–Crippen MR) is 52.9 cm³/mol. The van der Waals surface area contributed by atoms with Crippen LogP contribution in [-0.2, 0) is 0 Å². The second kappa shape index (κ2) is 4.09. The van der Waals surface area contributed by atoms with E-state index in [1.807, 2.05) is 0 Å². The number of carbonyl (C=O) groups is 2. The van der Waals surface area contributed by atoms with Crippen LogP contribution >= 0.6 is 12.8 Å². The van der Waals surface area contributed by atoms with Crippen molar-refractivity contribution in [2.75, 3.05) is 0 Å². The van der Waals surface area contributed by atoms with E-state index in [4.69, 9.17) is 0 Å². The first-order valence-electron chi connectivity index (χ1n) is 3.70. The van der Waals surface area contributed by atoms with E-state index < -0.39 is 0 Å². The van der Waals surface area contributed by atoms with Gasteiger partial charge in [0, 0.05) is 11.1 Å². The molecular weight excluding hydrogens is 186 g/mol. The fourth-order valence-corrected chi connectivity index (χ4v) is 1.05. The van der Waals surface area contributed by atoms with Gasteiger partial charge in [-0.1, -0.05) is 24.9 Å². The Bertz CT molecular complexity index is 332. The number of ketones is 1. The van der Waals surface area contributed by atoms with Crippen LogP contribution in [0.15, 0.2) is 24.3 Å². The van der Waals surface area contributed by atoms with Crippen molar-refractivity contribution in [3.05, 3.63) is 35.4 Å². The van der Waals surface area contributed by atoms with Gasteiger partial charge in [-0.3, -0.25) is 14.3 Å². The maximum absolute atomic E-state index is 11.0. The lowest BCUT2D eigenvalue weighted by atomic mass is 10.1. The molecule has 0 radical (unpaired) electrons. The quantitative estimate of drug-likeness (QED) is 0.554. The number of nitrogens with one attached hydrogen (secondary N) is 1. The number of hydrogen-bond acceptors (Lipinski definition) is 3. The van der Waals surface area contributed by atoms with Crippen LogP contribution in [0.25, 0.3) is 0 Å². The molecule has 0 unspecified atom stereocenters. The minimum Gasteiger partial charge on any atom is -0.299 e. The Morgan fingerprint density at radius 2 is 1.62 bits per heavy atom. The molecule has 0 saturated carbocycles. The first-order valence-corrected chi connectivity index (χ1v) is 4.15. The van der Waals surface area contributed by atoms with E-state index in [9.17, 15) is 9.59 Å². The van der Waals surface area contributed by atoms with Gasteiger partial charge in [0.25, 0.3) is 5.91 Å². The van der Waals surface area contributed by atoms with Gasteiger partial charge in [0.2, 0.25) is 0 Å². The molecule has 0 saturated heterocycles. The van der Waals surface area contributed by atoms with E-state index in [-0.39, 0.29) is 11.7 Å². The molecule has 0 aromatic heterocycles. The Balaban J connectivity index is 2.93. The second-order valence-corrected chi connectivity index (χ2v) is 2.80. The van der Waals surface area contributed by atoms with Crippen molar-refractivity contribution in [1.82, 2.24) is 4.72 Å². The number of benzene rings is 1. The highest BCUT2D eigenvalue weighted by Crippen LogP contribution is 2.05. The summed E-state index contributed by atoms with van der Waals surface area (Å²) in [4.78, 5) is 21.9. The Morgan fingerprint density at radius 3 is 2.00 bits per heavy atom. The smallest absolute Gasteiger partial charge is 0.260 e. The Labute approximate surface area is 81.7 Å². The summed E-state index contributed by atoms with van der Waals surface area (Å²) in [6.07, 6.45) is 0. The molecule has 1 aromatic carbocycles. The molecule has 0 spiro atoms. The summed E-state index contributed by atoms with van der Waals surface area (Å²) >= 11 is 3.63. The fourth-order valence-electron chi connectivity index (χ4n) is 0.921. The Kier molecular flexibility index (Phi) is 3.08. The lowest BCUT2D eigenvalue weighted by molar-refractivity contribution is 0.0980. The highest BCUT2D eigenvalue weighted by molar-refractivity contribution is 7.78. The molecule has 3 nitrogen and oxygen atoms in total. The Hall–Kier alpha value is -1.29. The minimum absolute atomic E-state index is 0.0159. The van der Waals surface area contributed by atoms with E-state index in [1.54, 1.807) is 24.3 Å². The maximum Gasteiger partial charge on any atom is 0.260 e. The standard InChI is InChI=1S/C9H9NO2S/c1-6(11)7-2-4-8(5-3-7)9(12)10-13/h2-5,13H,1H3,(H,10,12). The molecule has 1 aromatic rings. The molecule has 1 rings (SSSR count). The van der Waals surface area contributed by atoms with Crippen LogP contribution in [0, 0.1) is 0 Å². The molecule has 0 fully saturated rings. The minimum atomic E-state index is -0.279. The van der Waals surface area contributed by atoms with Gasteiger partial charge in [-0.15, -0.1) is 0 Å². The van der Waals surface area contributed by atoms with Gasteiger partial charge in [-0.25, -0.2) is 0 Å². The molecule has 0 atom stereocenters. The van der Waals surface area contributed by atoms with Gasteiger partial charge in [0.15, 0.2) is 5.78 Å². The van der Waals surface area contributed by atoms with Crippen LogP contribution in [0.5, 0.6) is 0 Å². The van der Waals surface area contributed by atoms with Gasteiger partial charge in [0.05, 0.1) is 0 Å². The van der Waals surface area contributed by atoms with Crippen molar-refractivity contribution in [3.8, 4) is 0 Å². The van der Waals surface area contributed by atoms with E-state index in [2.05, 4.69) is 17.5 Å². The van der Waals surface area contributed by atoms with Gasteiger partial charge in [0.1, 0.15) is 0 Å². The largest absolute Gasteiger partial charge is 0.299 e. The van der Waals surface area contributed by atoms with Crippen LogP contribution in [0.4, 0.5) is 0 Å². The monoisotopic (exact) mass is 195 g/mol. The molecule has 13 heavy (non-hydrogen) atoms. The molecule has 68 valence electrons. The van der Waals surface area contributed by atoms with E-state index >= 15 is 0 Å². The van der Waals surface area contributed by atoms with Crippen molar-refractivity contribution in [1.29, 1.82) is 0 Å². The fraction of sp³-hybridized carbons (Fsp3) is 0.111. The first-order chi connectivity index (χ1) is 6.15. The number of rotatable bonds is 2. The molecule has 1 N–H and O–H groups in total. The zero-order valence-electron chi connectivity index (χ0n) is 7.07. The highest BCUT2D eigenvalue weighted by Gasteiger charge is 2.03. The molecule has 0 aliphatic heterocycles. The zero-order chi connectivity index (χ0) is 9.84. The molecule has 0 heterocycles. The number of carbonyl (C=O) groups excluding carboxylic acids is 2. The summed E-state index contributed by atoms with van der Waals surface area (Å²) in [5.41, 5.74) is 1.08. The number of thiol groups is 1. The summed E-state index contributed by atoms with van der Waals surface area (Å²) in [6, 6.07) is 6.39.